The monoisotopic (exact) mass is 548 g/mol. The molecule has 3 rings (SSSR count). The first kappa shape index (κ1) is 30.9. The van der Waals surface area contributed by atoms with Crippen molar-refractivity contribution in [3.8, 4) is 16.9 Å². The van der Waals surface area contributed by atoms with Gasteiger partial charge in [0.25, 0.3) is 0 Å². The number of ether oxygens (including phenoxy) is 3. The molecule has 1 heterocycles. The molecule has 0 saturated heterocycles. The summed E-state index contributed by atoms with van der Waals surface area (Å²) in [6.45, 7) is 15.0. The van der Waals surface area contributed by atoms with Gasteiger partial charge in [-0.25, -0.2) is 4.79 Å². The summed E-state index contributed by atoms with van der Waals surface area (Å²) >= 11 is 0. The van der Waals surface area contributed by atoms with E-state index in [4.69, 9.17) is 19.2 Å². The molecule has 0 fully saturated rings. The number of carbonyl (C=O) groups excluding carboxylic acids is 2. The van der Waals surface area contributed by atoms with E-state index in [1.54, 1.807) is 0 Å². The number of benzene rings is 2. The van der Waals surface area contributed by atoms with Crippen LogP contribution in [0, 0.1) is 12.8 Å². The Kier molecular flexibility index (Phi) is 10.9. The highest BCUT2D eigenvalue weighted by Crippen LogP contribution is 2.36. The summed E-state index contributed by atoms with van der Waals surface area (Å²) in [5, 5.41) is 3.93. The van der Waals surface area contributed by atoms with Crippen LogP contribution in [-0.2, 0) is 27.2 Å². The number of alkyl carbamates (subject to hydrolysis) is 1. The highest BCUT2D eigenvalue weighted by atomic mass is 16.6. The van der Waals surface area contributed by atoms with Crippen LogP contribution < -0.4 is 10.1 Å². The second-order valence-corrected chi connectivity index (χ2v) is 11.5. The zero-order valence-corrected chi connectivity index (χ0v) is 25.1. The van der Waals surface area contributed by atoms with Gasteiger partial charge in [0.2, 0.25) is 0 Å². The first-order valence-corrected chi connectivity index (χ1v) is 14.2. The van der Waals surface area contributed by atoms with Crippen molar-refractivity contribution in [2.75, 3.05) is 13.2 Å². The highest BCUT2D eigenvalue weighted by Gasteiger charge is 2.21. The highest BCUT2D eigenvalue weighted by molar-refractivity contribution is 5.97. The zero-order chi connectivity index (χ0) is 29.3. The number of amides is 1. The van der Waals surface area contributed by atoms with Gasteiger partial charge in [0.15, 0.2) is 0 Å². The third-order valence-electron chi connectivity index (χ3n) is 6.24. The van der Waals surface area contributed by atoms with E-state index in [1.807, 2.05) is 45.9 Å². The lowest BCUT2D eigenvalue weighted by Crippen LogP contribution is -2.32. The molecule has 40 heavy (non-hydrogen) atoms. The Morgan fingerprint density at radius 2 is 1.75 bits per heavy atom. The van der Waals surface area contributed by atoms with E-state index in [9.17, 15) is 9.59 Å². The second kappa shape index (κ2) is 14.1. The Bertz CT molecular complexity index is 1290. The van der Waals surface area contributed by atoms with Crippen LogP contribution in [0.2, 0.25) is 0 Å². The number of fused-ring (bicyclic) bond motifs is 1. The van der Waals surface area contributed by atoms with Gasteiger partial charge < -0.3 is 19.5 Å². The fraction of sp³-hybridized carbons (Fsp3) is 0.485. The molecular formula is C33H44N2O5. The lowest BCUT2D eigenvalue weighted by Gasteiger charge is -2.22. The number of unbranched alkanes of at least 4 members (excludes halogenated alkanes) is 1. The summed E-state index contributed by atoms with van der Waals surface area (Å²) in [5.74, 6) is 0.946. The lowest BCUT2D eigenvalue weighted by atomic mass is 9.91. The minimum atomic E-state index is -0.588. The Morgan fingerprint density at radius 1 is 1.02 bits per heavy atom. The molecule has 1 N–H and O–H groups in total. The molecular weight excluding hydrogens is 504 g/mol. The van der Waals surface area contributed by atoms with Crippen molar-refractivity contribution >= 4 is 23.0 Å². The summed E-state index contributed by atoms with van der Waals surface area (Å²) in [7, 11) is 0. The summed E-state index contributed by atoms with van der Waals surface area (Å²) in [6.07, 6.45) is 2.17. The van der Waals surface area contributed by atoms with E-state index in [0.29, 0.717) is 38.5 Å². The second-order valence-electron chi connectivity index (χ2n) is 11.5. The third-order valence-corrected chi connectivity index (χ3v) is 6.24. The van der Waals surface area contributed by atoms with E-state index in [-0.39, 0.29) is 5.97 Å². The minimum Gasteiger partial charge on any atom is -0.494 e. The number of carbonyl (C=O) groups is 2. The number of hydrogen-bond donors (Lipinski definition) is 1. The van der Waals surface area contributed by atoms with Crippen molar-refractivity contribution in [3.05, 3.63) is 59.3 Å². The molecule has 7 heteroatoms. The molecule has 0 saturated carbocycles. The molecule has 0 unspecified atom stereocenters. The van der Waals surface area contributed by atoms with Gasteiger partial charge in [0.05, 0.1) is 18.7 Å². The number of esters is 1. The molecule has 0 atom stereocenters. The molecule has 0 aliphatic carbocycles. The molecule has 0 bridgehead atoms. The van der Waals surface area contributed by atoms with Gasteiger partial charge in [-0.1, -0.05) is 43.7 Å². The molecule has 3 aromatic rings. The van der Waals surface area contributed by atoms with Crippen LogP contribution in [0.4, 0.5) is 4.79 Å². The maximum absolute atomic E-state index is 12.6. The first-order valence-electron chi connectivity index (χ1n) is 14.2. The van der Waals surface area contributed by atoms with E-state index in [2.05, 4.69) is 50.4 Å². The van der Waals surface area contributed by atoms with Gasteiger partial charge in [-0.3, -0.25) is 9.78 Å². The molecule has 1 amide bonds. The van der Waals surface area contributed by atoms with Crippen molar-refractivity contribution in [1.82, 2.24) is 10.3 Å². The summed E-state index contributed by atoms with van der Waals surface area (Å²) in [5.41, 5.74) is 5.48. The predicted octanol–water partition coefficient (Wildman–Crippen LogP) is 7.55. The van der Waals surface area contributed by atoms with Crippen LogP contribution in [0.25, 0.3) is 22.0 Å². The SMILES string of the molecule is CCOC(=O)CCCCOc1ccc2nc(CC(C)C)c(CNC(=O)OC(C)(C)C)c(-c3ccc(C)cc3)c2c1. The van der Waals surface area contributed by atoms with Crippen LogP contribution in [0.15, 0.2) is 42.5 Å². The molecule has 0 aliphatic rings. The number of aryl methyl sites for hydroxylation is 1. The Balaban J connectivity index is 1.99. The summed E-state index contributed by atoms with van der Waals surface area (Å²) in [6, 6.07) is 14.4. The van der Waals surface area contributed by atoms with Gasteiger partial charge in [0.1, 0.15) is 11.4 Å². The zero-order valence-electron chi connectivity index (χ0n) is 25.1. The number of rotatable bonds is 12. The van der Waals surface area contributed by atoms with Crippen molar-refractivity contribution < 1.29 is 23.8 Å². The molecule has 1 aromatic heterocycles. The molecule has 2 aromatic carbocycles. The van der Waals surface area contributed by atoms with E-state index in [0.717, 1.165) is 51.9 Å². The number of aromatic nitrogens is 1. The minimum absolute atomic E-state index is 0.174. The van der Waals surface area contributed by atoms with Gasteiger partial charge in [-0.05, 0) is 89.1 Å². The molecule has 0 radical (unpaired) electrons. The van der Waals surface area contributed by atoms with Crippen molar-refractivity contribution in [1.29, 1.82) is 0 Å². The predicted molar refractivity (Wildman–Crippen MR) is 160 cm³/mol. The van der Waals surface area contributed by atoms with Crippen LogP contribution in [0.1, 0.15) is 77.6 Å². The number of hydrogen-bond acceptors (Lipinski definition) is 6. The molecule has 0 aliphatic heterocycles. The summed E-state index contributed by atoms with van der Waals surface area (Å²) in [4.78, 5) is 29.3. The fourth-order valence-electron chi connectivity index (χ4n) is 4.49. The van der Waals surface area contributed by atoms with Gasteiger partial charge in [-0.15, -0.1) is 0 Å². The topological polar surface area (TPSA) is 86.8 Å². The number of nitrogens with zero attached hydrogens (tertiary/aromatic N) is 1. The van der Waals surface area contributed by atoms with E-state index in [1.165, 1.54) is 5.56 Å². The fourth-order valence-corrected chi connectivity index (χ4v) is 4.49. The Labute approximate surface area is 238 Å². The van der Waals surface area contributed by atoms with Gasteiger partial charge >= 0.3 is 12.1 Å². The van der Waals surface area contributed by atoms with E-state index < -0.39 is 11.7 Å². The third kappa shape index (κ3) is 9.25. The largest absolute Gasteiger partial charge is 0.494 e. The van der Waals surface area contributed by atoms with Crippen LogP contribution >= 0.6 is 0 Å². The average molecular weight is 549 g/mol. The van der Waals surface area contributed by atoms with E-state index >= 15 is 0 Å². The first-order chi connectivity index (χ1) is 19.0. The van der Waals surface area contributed by atoms with Crippen molar-refractivity contribution in [2.45, 2.75) is 86.3 Å². The van der Waals surface area contributed by atoms with Crippen LogP contribution in [-0.4, -0.2) is 35.9 Å². The average Bonchev–Trinajstić information content (AvgIpc) is 2.86. The maximum atomic E-state index is 12.6. The number of nitrogens with one attached hydrogen (secondary N) is 1. The standard InChI is InChI=1S/C33H44N2O5/c1-8-38-30(36)11-9-10-18-39-25-16-17-28-26(20-25)31(24-14-12-23(4)13-15-24)27(29(35-28)19-22(2)3)21-34-32(37)40-33(5,6)7/h12-17,20,22H,8-11,18-19,21H2,1-7H3,(H,34,37). The quantitative estimate of drug-likeness (QED) is 0.186. The molecule has 7 nitrogen and oxygen atoms in total. The Morgan fingerprint density at radius 3 is 2.40 bits per heavy atom. The summed E-state index contributed by atoms with van der Waals surface area (Å²) < 4.78 is 16.6. The normalized spacial score (nSPS) is 11.5. The smallest absolute Gasteiger partial charge is 0.407 e. The van der Waals surface area contributed by atoms with Crippen LogP contribution in [0.5, 0.6) is 5.75 Å². The van der Waals surface area contributed by atoms with Gasteiger partial charge in [-0.2, -0.15) is 0 Å². The lowest BCUT2D eigenvalue weighted by molar-refractivity contribution is -0.143. The number of pyridine rings is 1. The van der Waals surface area contributed by atoms with Crippen molar-refractivity contribution in [3.63, 3.8) is 0 Å². The van der Waals surface area contributed by atoms with Gasteiger partial charge in [0, 0.05) is 29.6 Å². The molecule has 216 valence electrons. The maximum Gasteiger partial charge on any atom is 0.407 e. The Hall–Kier alpha value is -3.61. The molecule has 0 spiro atoms. The van der Waals surface area contributed by atoms with Crippen LogP contribution in [0.3, 0.4) is 0 Å². The van der Waals surface area contributed by atoms with Crippen molar-refractivity contribution in [2.24, 2.45) is 5.92 Å².